The Kier molecular flexibility index (Phi) is 7.36. The molecule has 0 spiro atoms. The first-order valence-corrected chi connectivity index (χ1v) is 10.5. The molecule has 0 saturated heterocycles. The Bertz CT molecular complexity index is 1120. The molecule has 5 nitrogen and oxygen atoms in total. The lowest BCUT2D eigenvalue weighted by Crippen LogP contribution is -2.26. The van der Waals surface area contributed by atoms with E-state index in [0.717, 1.165) is 37.3 Å². The monoisotopic (exact) mass is 420 g/mol. The Balaban J connectivity index is 1.82. The van der Waals surface area contributed by atoms with Crippen molar-refractivity contribution < 1.29 is 4.39 Å². The third kappa shape index (κ3) is 5.47. The summed E-state index contributed by atoms with van der Waals surface area (Å²) in [5, 5.41) is 11.1. The summed E-state index contributed by atoms with van der Waals surface area (Å²) in [6, 6.07) is 13.7. The van der Waals surface area contributed by atoms with Gasteiger partial charge in [-0.2, -0.15) is 0 Å². The molecule has 0 aliphatic carbocycles. The van der Waals surface area contributed by atoms with Crippen molar-refractivity contribution in [1.82, 2.24) is 9.47 Å². The number of aryl methyl sites for hydroxylation is 1. The summed E-state index contributed by atoms with van der Waals surface area (Å²) < 4.78 is 15.8. The first kappa shape index (κ1) is 22.4. The van der Waals surface area contributed by atoms with Crippen LogP contribution in [0.25, 0.3) is 16.8 Å². The summed E-state index contributed by atoms with van der Waals surface area (Å²) in [6.07, 6.45) is 4.04. The van der Waals surface area contributed by atoms with Gasteiger partial charge in [-0.3, -0.25) is 9.36 Å². The van der Waals surface area contributed by atoms with Crippen molar-refractivity contribution in [2.75, 3.05) is 32.0 Å². The first-order valence-electron chi connectivity index (χ1n) is 10.5. The van der Waals surface area contributed by atoms with Crippen molar-refractivity contribution in [2.24, 2.45) is 0 Å². The Morgan fingerprint density at radius 3 is 2.61 bits per heavy atom. The van der Waals surface area contributed by atoms with Gasteiger partial charge in [-0.15, -0.1) is 0 Å². The van der Waals surface area contributed by atoms with E-state index in [-0.39, 0.29) is 11.4 Å². The van der Waals surface area contributed by atoms with E-state index in [1.165, 1.54) is 22.9 Å². The van der Waals surface area contributed by atoms with Crippen LogP contribution in [-0.2, 0) is 0 Å². The maximum absolute atomic E-state index is 14.3. The summed E-state index contributed by atoms with van der Waals surface area (Å²) in [7, 11) is 2.09. The van der Waals surface area contributed by atoms with Crippen LogP contribution in [0.15, 0.2) is 59.5 Å². The number of hydrogen-bond donors (Lipinski definition) is 2. The molecule has 31 heavy (non-hydrogen) atoms. The summed E-state index contributed by atoms with van der Waals surface area (Å²) >= 11 is 0. The van der Waals surface area contributed by atoms with Crippen molar-refractivity contribution in [3.05, 3.63) is 82.0 Å². The van der Waals surface area contributed by atoms with Gasteiger partial charge < -0.3 is 15.6 Å². The lowest BCUT2D eigenvalue weighted by Gasteiger charge is -2.17. The average Bonchev–Trinajstić information content (AvgIpc) is 2.74. The Morgan fingerprint density at radius 1 is 1.13 bits per heavy atom. The number of pyridine rings is 1. The number of anilines is 1. The predicted octanol–water partition coefficient (Wildman–Crippen LogP) is 4.70. The fourth-order valence-corrected chi connectivity index (χ4v) is 3.57. The van der Waals surface area contributed by atoms with Crippen LogP contribution in [0.1, 0.15) is 24.5 Å². The van der Waals surface area contributed by atoms with Crippen LogP contribution < -0.4 is 10.9 Å². The molecule has 0 bridgehead atoms. The molecule has 6 heteroatoms. The van der Waals surface area contributed by atoms with Gasteiger partial charge in [-0.25, -0.2) is 4.39 Å². The van der Waals surface area contributed by atoms with E-state index in [1.54, 1.807) is 24.4 Å². The summed E-state index contributed by atoms with van der Waals surface area (Å²) in [5.74, 6) is -0.344. The van der Waals surface area contributed by atoms with Crippen molar-refractivity contribution in [1.29, 1.82) is 5.41 Å². The van der Waals surface area contributed by atoms with E-state index < -0.39 is 0 Å². The number of benzene rings is 2. The molecule has 3 rings (SSSR count). The van der Waals surface area contributed by atoms with Gasteiger partial charge in [0.05, 0.1) is 0 Å². The maximum Gasteiger partial charge on any atom is 0.255 e. The number of likely N-dealkylation sites (N-methyl/N-ethyl adjacent to an activating group) is 1. The average molecular weight is 421 g/mol. The predicted molar refractivity (Wildman–Crippen MR) is 126 cm³/mol. The zero-order valence-corrected chi connectivity index (χ0v) is 18.3. The van der Waals surface area contributed by atoms with E-state index in [0.29, 0.717) is 22.4 Å². The minimum absolute atomic E-state index is 0.254. The standard InChI is InChI=1S/C25H29FN4O/c1-4-11-29(3)13-10-28-24-8-6-21(15-20(24)17-27)30-12-9-19(16-25(30)31)22-7-5-18(2)14-23(22)26/h5-9,12,14-17,27-28H,4,10-11,13H2,1-3H3. The second kappa shape index (κ2) is 10.2. The number of nitrogens with zero attached hydrogens (tertiary/aromatic N) is 2. The smallest absolute Gasteiger partial charge is 0.255 e. The van der Waals surface area contributed by atoms with Gasteiger partial charge in [0.2, 0.25) is 0 Å². The molecule has 0 saturated carbocycles. The number of nitrogens with one attached hydrogen (secondary N) is 2. The fraction of sp³-hybridized carbons (Fsp3) is 0.280. The highest BCUT2D eigenvalue weighted by atomic mass is 19.1. The largest absolute Gasteiger partial charge is 0.383 e. The number of halogens is 1. The van der Waals surface area contributed by atoms with Crippen LogP contribution in [0.3, 0.4) is 0 Å². The SMILES string of the molecule is CCCN(C)CCNc1ccc(-n2ccc(-c3ccc(C)cc3F)cc2=O)cc1C=N. The molecule has 2 N–H and O–H groups in total. The lowest BCUT2D eigenvalue weighted by atomic mass is 10.0. The third-order valence-corrected chi connectivity index (χ3v) is 5.24. The molecule has 0 radical (unpaired) electrons. The zero-order valence-electron chi connectivity index (χ0n) is 18.3. The van der Waals surface area contributed by atoms with Gasteiger partial charge in [0.25, 0.3) is 5.56 Å². The van der Waals surface area contributed by atoms with Crippen molar-refractivity contribution in [3.63, 3.8) is 0 Å². The van der Waals surface area contributed by atoms with Crippen molar-refractivity contribution in [2.45, 2.75) is 20.3 Å². The minimum Gasteiger partial charge on any atom is -0.383 e. The van der Waals surface area contributed by atoms with Gasteiger partial charge in [0.15, 0.2) is 0 Å². The highest BCUT2D eigenvalue weighted by Gasteiger charge is 2.09. The molecule has 0 fully saturated rings. The zero-order chi connectivity index (χ0) is 22.4. The van der Waals surface area contributed by atoms with Crippen molar-refractivity contribution >= 4 is 11.9 Å². The fourth-order valence-electron chi connectivity index (χ4n) is 3.57. The van der Waals surface area contributed by atoms with E-state index in [4.69, 9.17) is 5.41 Å². The van der Waals surface area contributed by atoms with Gasteiger partial charge in [0, 0.05) is 54.1 Å². The molecular formula is C25H29FN4O. The Morgan fingerprint density at radius 2 is 1.94 bits per heavy atom. The lowest BCUT2D eigenvalue weighted by molar-refractivity contribution is 0.348. The van der Waals surface area contributed by atoms with Crippen molar-refractivity contribution in [3.8, 4) is 16.8 Å². The highest BCUT2D eigenvalue weighted by Crippen LogP contribution is 2.23. The molecule has 2 aromatic carbocycles. The topological polar surface area (TPSA) is 61.1 Å². The molecule has 1 heterocycles. The van der Waals surface area contributed by atoms with Gasteiger partial charge in [-0.1, -0.05) is 19.1 Å². The first-order chi connectivity index (χ1) is 14.9. The molecule has 0 aliphatic rings. The third-order valence-electron chi connectivity index (χ3n) is 5.24. The van der Waals surface area contributed by atoms with Gasteiger partial charge in [-0.05, 0) is 68.4 Å². The van der Waals surface area contributed by atoms with Crippen LogP contribution in [0.2, 0.25) is 0 Å². The Labute approximate surface area is 182 Å². The maximum atomic E-state index is 14.3. The number of hydrogen-bond acceptors (Lipinski definition) is 4. The second-order valence-corrected chi connectivity index (χ2v) is 7.75. The van der Waals surface area contributed by atoms with Crippen LogP contribution in [0, 0.1) is 18.2 Å². The number of aromatic nitrogens is 1. The molecule has 0 amide bonds. The van der Waals surface area contributed by atoms with E-state index in [9.17, 15) is 9.18 Å². The van der Waals surface area contributed by atoms with E-state index in [1.807, 2.05) is 25.1 Å². The van der Waals surface area contributed by atoms with Crippen LogP contribution in [0.4, 0.5) is 10.1 Å². The summed E-state index contributed by atoms with van der Waals surface area (Å²) in [6.45, 7) is 6.70. The molecule has 3 aromatic rings. The molecule has 162 valence electrons. The molecule has 0 atom stereocenters. The van der Waals surface area contributed by atoms with Gasteiger partial charge >= 0.3 is 0 Å². The number of rotatable bonds is 9. The molecule has 0 aliphatic heterocycles. The van der Waals surface area contributed by atoms with Crippen LogP contribution >= 0.6 is 0 Å². The second-order valence-electron chi connectivity index (χ2n) is 7.75. The summed E-state index contributed by atoms with van der Waals surface area (Å²) in [4.78, 5) is 15.0. The molecule has 0 unspecified atom stereocenters. The molecule has 1 aromatic heterocycles. The Hall–Kier alpha value is -3.25. The highest BCUT2D eigenvalue weighted by molar-refractivity contribution is 5.86. The summed E-state index contributed by atoms with van der Waals surface area (Å²) in [5.41, 5.74) is 3.75. The van der Waals surface area contributed by atoms with Crippen LogP contribution in [0.5, 0.6) is 0 Å². The van der Waals surface area contributed by atoms with E-state index >= 15 is 0 Å². The molecular weight excluding hydrogens is 391 g/mol. The van der Waals surface area contributed by atoms with Crippen LogP contribution in [-0.4, -0.2) is 42.4 Å². The normalized spacial score (nSPS) is 11.0. The van der Waals surface area contributed by atoms with E-state index in [2.05, 4.69) is 24.2 Å². The van der Waals surface area contributed by atoms with Gasteiger partial charge in [0.1, 0.15) is 5.82 Å². The quantitative estimate of drug-likeness (QED) is 0.493. The minimum atomic E-state index is -0.344.